The van der Waals surface area contributed by atoms with Crippen molar-refractivity contribution in [3.8, 4) is 0 Å². The molecule has 1 N–H and O–H groups in total. The first-order valence-electron chi connectivity index (χ1n) is 11.4. The van der Waals surface area contributed by atoms with Gasteiger partial charge in [-0.05, 0) is 98.1 Å². The summed E-state index contributed by atoms with van der Waals surface area (Å²) in [5.74, 6) is 3.75. The number of likely N-dealkylation sites (tertiary alicyclic amines) is 1. The minimum atomic E-state index is 0.365. The van der Waals surface area contributed by atoms with Crippen LogP contribution in [0.5, 0.6) is 0 Å². The molecule has 1 amide bonds. The normalized spacial score (nSPS) is 35.0. The Kier molecular flexibility index (Phi) is 3.86. The summed E-state index contributed by atoms with van der Waals surface area (Å²) < 4.78 is 0. The van der Waals surface area contributed by atoms with Crippen LogP contribution in [-0.2, 0) is 4.79 Å². The molecule has 28 heavy (non-hydrogen) atoms. The van der Waals surface area contributed by atoms with E-state index in [2.05, 4.69) is 27.1 Å². The lowest BCUT2D eigenvalue weighted by molar-refractivity contribution is -0.140. The summed E-state index contributed by atoms with van der Waals surface area (Å²) in [6.45, 7) is 1.82. The van der Waals surface area contributed by atoms with Crippen molar-refractivity contribution in [3.05, 3.63) is 30.1 Å². The highest BCUT2D eigenvalue weighted by molar-refractivity contribution is 5.79. The van der Waals surface area contributed by atoms with Crippen LogP contribution in [0.2, 0.25) is 0 Å². The van der Waals surface area contributed by atoms with Crippen molar-refractivity contribution in [1.82, 2.24) is 14.9 Å². The van der Waals surface area contributed by atoms with E-state index >= 15 is 0 Å². The molecule has 4 aliphatic carbocycles. The van der Waals surface area contributed by atoms with Crippen LogP contribution in [-0.4, -0.2) is 33.9 Å². The maximum Gasteiger partial charge on any atom is 0.223 e. The van der Waals surface area contributed by atoms with Crippen molar-refractivity contribution in [3.63, 3.8) is 0 Å². The zero-order chi connectivity index (χ0) is 18.7. The fraction of sp³-hybridized carbons (Fsp3) is 0.667. The van der Waals surface area contributed by atoms with E-state index in [0.29, 0.717) is 17.2 Å². The molecular weight excluding hydrogens is 346 g/mol. The van der Waals surface area contributed by atoms with E-state index in [4.69, 9.17) is 0 Å². The summed E-state index contributed by atoms with van der Waals surface area (Å²) in [5.41, 5.74) is 3.94. The van der Waals surface area contributed by atoms with Crippen molar-refractivity contribution in [1.29, 1.82) is 0 Å². The monoisotopic (exact) mass is 377 g/mol. The molecule has 5 fully saturated rings. The summed E-state index contributed by atoms with van der Waals surface area (Å²) in [5, 5.41) is 0. The molecule has 0 radical (unpaired) electrons. The van der Waals surface area contributed by atoms with Gasteiger partial charge in [-0.3, -0.25) is 9.78 Å². The predicted molar refractivity (Wildman–Crippen MR) is 110 cm³/mol. The summed E-state index contributed by atoms with van der Waals surface area (Å²) in [4.78, 5) is 23.3. The molecule has 4 heteroatoms. The first kappa shape index (κ1) is 17.1. The third-order valence-electron chi connectivity index (χ3n) is 8.44. The number of aromatic nitrogens is 2. The average Bonchev–Trinajstić information content (AvgIpc) is 3.11. The van der Waals surface area contributed by atoms with E-state index in [1.54, 1.807) is 0 Å². The number of piperidine rings is 1. The van der Waals surface area contributed by atoms with E-state index < -0.39 is 0 Å². The Hall–Kier alpha value is -1.84. The molecule has 4 saturated carbocycles. The number of carbonyl (C=O) groups excluding carboxylic acids is 1. The highest BCUT2D eigenvalue weighted by Gasteiger charge is 2.51. The van der Waals surface area contributed by atoms with Crippen LogP contribution in [0.3, 0.4) is 0 Å². The van der Waals surface area contributed by atoms with Gasteiger partial charge in [0.05, 0.1) is 11.0 Å². The van der Waals surface area contributed by atoms with Gasteiger partial charge in [-0.15, -0.1) is 0 Å². The molecule has 4 bridgehead atoms. The molecule has 2 aromatic rings. The molecule has 0 aromatic carbocycles. The maximum atomic E-state index is 13.2. The zero-order valence-electron chi connectivity index (χ0n) is 16.7. The fourth-order valence-corrected chi connectivity index (χ4v) is 7.67. The summed E-state index contributed by atoms with van der Waals surface area (Å²) in [6.07, 6.45) is 15.3. The van der Waals surface area contributed by atoms with Gasteiger partial charge in [-0.1, -0.05) is 0 Å². The second-order valence-electron chi connectivity index (χ2n) is 10.4. The third kappa shape index (κ3) is 2.79. The van der Waals surface area contributed by atoms with Gasteiger partial charge in [0.2, 0.25) is 5.91 Å². The first-order chi connectivity index (χ1) is 13.7. The molecule has 3 heterocycles. The van der Waals surface area contributed by atoms with Gasteiger partial charge < -0.3 is 9.88 Å². The molecule has 1 aliphatic heterocycles. The van der Waals surface area contributed by atoms with Gasteiger partial charge in [0.1, 0.15) is 0 Å². The van der Waals surface area contributed by atoms with Crippen molar-refractivity contribution >= 4 is 16.9 Å². The number of nitrogens with zero attached hydrogens (tertiary/aromatic N) is 2. The van der Waals surface area contributed by atoms with Gasteiger partial charge in [-0.2, -0.15) is 0 Å². The van der Waals surface area contributed by atoms with Crippen molar-refractivity contribution in [2.45, 2.75) is 63.7 Å². The lowest BCUT2D eigenvalue weighted by Crippen LogP contribution is -2.49. The number of nitrogens with one attached hydrogen (secondary N) is 1. The van der Waals surface area contributed by atoms with Crippen molar-refractivity contribution in [2.75, 3.05) is 13.1 Å². The Morgan fingerprint density at radius 2 is 1.79 bits per heavy atom. The van der Waals surface area contributed by atoms with Crippen LogP contribution in [0.1, 0.15) is 69.3 Å². The largest absolute Gasteiger partial charge is 0.360 e. The molecule has 0 atom stereocenters. The number of fused-ring (bicyclic) bond motifs is 1. The highest BCUT2D eigenvalue weighted by Crippen LogP contribution is 2.61. The number of carbonyl (C=O) groups is 1. The van der Waals surface area contributed by atoms with Crippen LogP contribution < -0.4 is 0 Å². The van der Waals surface area contributed by atoms with Crippen LogP contribution in [0.25, 0.3) is 11.0 Å². The van der Waals surface area contributed by atoms with Crippen molar-refractivity contribution < 1.29 is 4.79 Å². The van der Waals surface area contributed by atoms with Crippen molar-refractivity contribution in [2.24, 2.45) is 23.2 Å². The number of aromatic amines is 1. The second kappa shape index (κ2) is 6.33. The minimum absolute atomic E-state index is 0.365. The summed E-state index contributed by atoms with van der Waals surface area (Å²) in [7, 11) is 0. The van der Waals surface area contributed by atoms with Crippen LogP contribution in [0.4, 0.5) is 0 Å². The predicted octanol–water partition coefficient (Wildman–Crippen LogP) is 4.88. The van der Waals surface area contributed by atoms with Gasteiger partial charge in [0.25, 0.3) is 0 Å². The quantitative estimate of drug-likeness (QED) is 0.829. The highest BCUT2D eigenvalue weighted by atomic mass is 16.2. The Labute approximate surface area is 167 Å². The number of pyridine rings is 1. The molecule has 5 aliphatic rings. The smallest absolute Gasteiger partial charge is 0.223 e. The van der Waals surface area contributed by atoms with Crippen LogP contribution in [0.15, 0.2) is 24.5 Å². The number of rotatable bonds is 3. The topological polar surface area (TPSA) is 49.0 Å². The van der Waals surface area contributed by atoms with E-state index in [1.807, 2.05) is 12.3 Å². The number of amides is 1. The summed E-state index contributed by atoms with van der Waals surface area (Å²) >= 11 is 0. The SMILES string of the molecule is O=C(CC12CC3CC(CC(C3)C1)C2)N1CCC(c2c[nH]c3cccnc23)CC1. The molecule has 2 aromatic heterocycles. The minimum Gasteiger partial charge on any atom is -0.360 e. The lowest BCUT2D eigenvalue weighted by Gasteiger charge is -2.57. The molecule has 148 valence electrons. The Bertz CT molecular complexity index is 857. The van der Waals surface area contributed by atoms with E-state index in [1.165, 1.54) is 44.1 Å². The Morgan fingerprint density at radius 1 is 1.11 bits per heavy atom. The molecule has 0 spiro atoms. The van der Waals surface area contributed by atoms with E-state index in [-0.39, 0.29) is 0 Å². The molecular formula is C24H31N3O. The fourth-order valence-electron chi connectivity index (χ4n) is 7.67. The lowest BCUT2D eigenvalue weighted by atomic mass is 9.49. The van der Waals surface area contributed by atoms with E-state index in [9.17, 15) is 4.79 Å². The van der Waals surface area contributed by atoms with Crippen LogP contribution >= 0.6 is 0 Å². The zero-order valence-corrected chi connectivity index (χ0v) is 16.7. The van der Waals surface area contributed by atoms with E-state index in [0.717, 1.165) is 61.1 Å². The van der Waals surface area contributed by atoms with Gasteiger partial charge in [0.15, 0.2) is 0 Å². The molecule has 7 rings (SSSR count). The van der Waals surface area contributed by atoms with Gasteiger partial charge >= 0.3 is 0 Å². The van der Waals surface area contributed by atoms with Crippen LogP contribution in [0, 0.1) is 23.2 Å². The van der Waals surface area contributed by atoms with Gasteiger partial charge in [0, 0.05) is 31.9 Å². The maximum absolute atomic E-state index is 13.2. The number of H-pyrrole nitrogens is 1. The molecule has 1 saturated heterocycles. The standard InChI is InChI=1S/C24H31N3O/c28-22(14-24-11-16-8-17(12-24)10-18(9-16)13-24)27-6-3-19(4-7-27)20-15-26-21-2-1-5-25-23(20)21/h1-2,5,15-19,26H,3-4,6-14H2. The first-order valence-corrected chi connectivity index (χ1v) is 11.4. The summed E-state index contributed by atoms with van der Waals surface area (Å²) in [6, 6.07) is 4.07. The molecule has 0 unspecified atom stereocenters. The number of hydrogen-bond acceptors (Lipinski definition) is 2. The Morgan fingerprint density at radius 3 is 2.46 bits per heavy atom. The Balaban J connectivity index is 1.11. The van der Waals surface area contributed by atoms with Gasteiger partial charge in [-0.25, -0.2) is 0 Å². The second-order valence-corrected chi connectivity index (χ2v) is 10.4. The molecule has 4 nitrogen and oxygen atoms in total. The third-order valence-corrected chi connectivity index (χ3v) is 8.44. The average molecular weight is 378 g/mol. The number of hydrogen-bond donors (Lipinski definition) is 1.